The van der Waals surface area contributed by atoms with Crippen LogP contribution in [0.2, 0.25) is 0 Å². The number of rotatable bonds is 7. The van der Waals surface area contributed by atoms with E-state index in [9.17, 15) is 9.59 Å². The fraction of sp³-hybridized carbons (Fsp3) is 0.591. The highest BCUT2D eigenvalue weighted by Gasteiger charge is 2.43. The summed E-state index contributed by atoms with van der Waals surface area (Å²) in [6, 6.07) is 4.14. The molecular formula is C22H31N5O3S. The van der Waals surface area contributed by atoms with Gasteiger partial charge < -0.3 is 15.0 Å². The zero-order valence-electron chi connectivity index (χ0n) is 18.3. The molecule has 1 saturated heterocycles. The van der Waals surface area contributed by atoms with Crippen LogP contribution in [-0.4, -0.2) is 77.8 Å². The Morgan fingerprint density at radius 1 is 1.23 bits per heavy atom. The normalized spacial score (nSPS) is 18.8. The van der Waals surface area contributed by atoms with Gasteiger partial charge in [0.2, 0.25) is 11.8 Å². The zero-order valence-corrected chi connectivity index (χ0v) is 19.1. The summed E-state index contributed by atoms with van der Waals surface area (Å²) in [5, 5.41) is 9.43. The van der Waals surface area contributed by atoms with Crippen LogP contribution >= 0.6 is 11.3 Å². The van der Waals surface area contributed by atoms with Crippen LogP contribution in [-0.2, 0) is 17.3 Å². The van der Waals surface area contributed by atoms with Crippen LogP contribution in [0, 0.1) is 0 Å². The summed E-state index contributed by atoms with van der Waals surface area (Å²) >= 11 is 1.69. The molecular weight excluding hydrogens is 414 g/mol. The first-order valence-electron chi connectivity index (χ1n) is 10.9. The summed E-state index contributed by atoms with van der Waals surface area (Å²) in [7, 11) is 3.30. The maximum Gasteiger partial charge on any atom is 0.261 e. The molecule has 1 N–H and O–H groups in total. The van der Waals surface area contributed by atoms with Crippen LogP contribution in [0.25, 0.3) is 0 Å². The number of piperazine rings is 1. The molecule has 0 unspecified atom stereocenters. The lowest BCUT2D eigenvalue weighted by molar-refractivity contribution is -0.126. The van der Waals surface area contributed by atoms with E-state index in [0.29, 0.717) is 31.1 Å². The maximum absolute atomic E-state index is 13.1. The molecule has 0 bridgehead atoms. The summed E-state index contributed by atoms with van der Waals surface area (Å²) in [4.78, 5) is 31.2. The van der Waals surface area contributed by atoms with E-state index in [1.54, 1.807) is 29.3 Å². The molecule has 4 rings (SSSR count). The Hall–Kier alpha value is -2.39. The molecule has 1 aliphatic heterocycles. The van der Waals surface area contributed by atoms with Crippen LogP contribution < -0.4 is 10.1 Å². The number of hydrogen-bond donors (Lipinski definition) is 1. The van der Waals surface area contributed by atoms with Crippen molar-refractivity contribution in [2.24, 2.45) is 7.05 Å². The second kappa shape index (κ2) is 9.40. The van der Waals surface area contributed by atoms with Crippen LogP contribution in [0.1, 0.15) is 40.9 Å². The molecule has 2 aliphatic rings. The monoisotopic (exact) mass is 445 g/mol. The van der Waals surface area contributed by atoms with Crippen molar-refractivity contribution in [2.45, 2.75) is 31.1 Å². The summed E-state index contributed by atoms with van der Waals surface area (Å²) in [5.41, 5.74) is 0.170. The molecule has 9 heteroatoms. The molecule has 2 aromatic rings. The average molecular weight is 446 g/mol. The highest BCUT2D eigenvalue weighted by molar-refractivity contribution is 7.10. The Morgan fingerprint density at radius 3 is 2.61 bits per heavy atom. The van der Waals surface area contributed by atoms with Gasteiger partial charge in [0.05, 0.1) is 12.5 Å². The SMILES string of the molecule is COc1nn(C)cc1C(=O)N1CCN(CCNC(=O)C2(c3cccs3)CCCC2)CC1. The number of hydrogen-bond acceptors (Lipinski definition) is 6. The van der Waals surface area contributed by atoms with Crippen molar-refractivity contribution < 1.29 is 14.3 Å². The van der Waals surface area contributed by atoms with Gasteiger partial charge in [-0.25, -0.2) is 0 Å². The third-order valence-electron chi connectivity index (χ3n) is 6.48. The molecule has 31 heavy (non-hydrogen) atoms. The van der Waals surface area contributed by atoms with Gasteiger partial charge in [-0.05, 0) is 24.3 Å². The molecule has 1 aliphatic carbocycles. The van der Waals surface area contributed by atoms with E-state index >= 15 is 0 Å². The van der Waals surface area contributed by atoms with Crippen molar-refractivity contribution in [2.75, 3.05) is 46.4 Å². The highest BCUT2D eigenvalue weighted by Crippen LogP contribution is 2.43. The molecule has 0 aromatic carbocycles. The summed E-state index contributed by atoms with van der Waals surface area (Å²) < 4.78 is 6.82. The third-order valence-corrected chi connectivity index (χ3v) is 7.55. The molecule has 2 amide bonds. The van der Waals surface area contributed by atoms with Gasteiger partial charge >= 0.3 is 0 Å². The van der Waals surface area contributed by atoms with Gasteiger partial charge in [-0.3, -0.25) is 19.2 Å². The number of amides is 2. The topological polar surface area (TPSA) is 79.7 Å². The quantitative estimate of drug-likeness (QED) is 0.704. The van der Waals surface area contributed by atoms with E-state index in [2.05, 4.69) is 26.8 Å². The van der Waals surface area contributed by atoms with Crippen molar-refractivity contribution in [3.05, 3.63) is 34.2 Å². The Bertz CT molecular complexity index is 896. The minimum absolute atomic E-state index is 0.0444. The van der Waals surface area contributed by atoms with Crippen LogP contribution in [0.5, 0.6) is 5.88 Å². The lowest BCUT2D eigenvalue weighted by Gasteiger charge is -2.35. The van der Waals surface area contributed by atoms with Gasteiger partial charge in [-0.1, -0.05) is 18.9 Å². The molecule has 3 heterocycles. The molecule has 8 nitrogen and oxygen atoms in total. The van der Waals surface area contributed by atoms with Gasteiger partial charge in [0.1, 0.15) is 5.56 Å². The number of carbonyl (C=O) groups excluding carboxylic acids is 2. The summed E-state index contributed by atoms with van der Waals surface area (Å²) in [6.07, 6.45) is 5.82. The zero-order chi connectivity index (χ0) is 21.8. The minimum atomic E-state index is -0.331. The first kappa shape index (κ1) is 21.8. The summed E-state index contributed by atoms with van der Waals surface area (Å²) in [5.74, 6) is 0.492. The van der Waals surface area contributed by atoms with E-state index in [-0.39, 0.29) is 17.2 Å². The average Bonchev–Trinajstić information content (AvgIpc) is 3.54. The fourth-order valence-electron chi connectivity index (χ4n) is 4.72. The molecule has 2 fully saturated rings. The number of methoxy groups -OCH3 is 1. The Labute approximate surface area is 187 Å². The number of aromatic nitrogens is 2. The Kier molecular flexibility index (Phi) is 6.62. The van der Waals surface area contributed by atoms with Gasteiger partial charge in [0.25, 0.3) is 5.91 Å². The second-order valence-electron chi connectivity index (χ2n) is 8.38. The third kappa shape index (κ3) is 4.48. The predicted molar refractivity (Wildman–Crippen MR) is 120 cm³/mol. The molecule has 0 spiro atoms. The fourth-order valence-corrected chi connectivity index (χ4v) is 5.71. The van der Waals surface area contributed by atoms with Gasteiger partial charge in [-0.15, -0.1) is 16.4 Å². The second-order valence-corrected chi connectivity index (χ2v) is 9.33. The minimum Gasteiger partial charge on any atom is -0.479 e. The van der Waals surface area contributed by atoms with Crippen LogP contribution in [0.3, 0.4) is 0 Å². The van der Waals surface area contributed by atoms with E-state index in [1.807, 2.05) is 11.0 Å². The van der Waals surface area contributed by atoms with Crippen LogP contribution in [0.4, 0.5) is 0 Å². The van der Waals surface area contributed by atoms with Crippen molar-refractivity contribution in [3.63, 3.8) is 0 Å². The largest absolute Gasteiger partial charge is 0.479 e. The van der Waals surface area contributed by atoms with Crippen molar-refractivity contribution in [1.82, 2.24) is 24.9 Å². The number of ether oxygens (including phenoxy) is 1. The standard InChI is InChI=1S/C22H31N5O3S/c1-25-16-17(19(24-25)30-2)20(28)27-13-11-26(12-14-27)10-9-23-21(29)22(7-3-4-8-22)18-6-5-15-31-18/h5-6,15-16H,3-4,7-14H2,1-2H3,(H,23,29). The smallest absolute Gasteiger partial charge is 0.261 e. The molecule has 168 valence electrons. The Morgan fingerprint density at radius 2 is 1.97 bits per heavy atom. The lowest BCUT2D eigenvalue weighted by Crippen LogP contribution is -2.51. The van der Waals surface area contributed by atoms with Gasteiger partial charge in [0, 0.05) is 57.4 Å². The van der Waals surface area contributed by atoms with Crippen molar-refractivity contribution in [3.8, 4) is 5.88 Å². The van der Waals surface area contributed by atoms with E-state index in [1.165, 1.54) is 12.0 Å². The van der Waals surface area contributed by atoms with Crippen molar-refractivity contribution in [1.29, 1.82) is 0 Å². The maximum atomic E-state index is 13.1. The van der Waals surface area contributed by atoms with Gasteiger partial charge in [-0.2, -0.15) is 0 Å². The van der Waals surface area contributed by atoms with E-state index < -0.39 is 0 Å². The van der Waals surface area contributed by atoms with E-state index in [0.717, 1.165) is 45.3 Å². The van der Waals surface area contributed by atoms with Crippen molar-refractivity contribution >= 4 is 23.2 Å². The number of carbonyl (C=O) groups is 2. The number of thiophene rings is 1. The molecule has 0 radical (unpaired) electrons. The number of aryl methyl sites for hydroxylation is 1. The Balaban J connectivity index is 1.25. The summed E-state index contributed by atoms with van der Waals surface area (Å²) in [6.45, 7) is 4.33. The molecule has 0 atom stereocenters. The first-order valence-corrected chi connectivity index (χ1v) is 11.8. The molecule has 1 saturated carbocycles. The lowest BCUT2D eigenvalue weighted by atomic mass is 9.83. The van der Waals surface area contributed by atoms with Crippen LogP contribution in [0.15, 0.2) is 23.7 Å². The van der Waals surface area contributed by atoms with Gasteiger partial charge in [0.15, 0.2) is 0 Å². The first-order chi connectivity index (χ1) is 15.0. The molecule has 2 aromatic heterocycles. The number of nitrogens with zero attached hydrogens (tertiary/aromatic N) is 4. The predicted octanol–water partition coefficient (Wildman–Crippen LogP) is 1.88. The number of nitrogens with one attached hydrogen (secondary N) is 1. The highest BCUT2D eigenvalue weighted by atomic mass is 32.1. The van der Waals surface area contributed by atoms with E-state index in [4.69, 9.17) is 4.74 Å².